The van der Waals surface area contributed by atoms with E-state index >= 15 is 0 Å². The highest BCUT2D eigenvalue weighted by Gasteiger charge is 2.22. The Labute approximate surface area is 232 Å². The van der Waals surface area contributed by atoms with Crippen LogP contribution in [0.3, 0.4) is 0 Å². The summed E-state index contributed by atoms with van der Waals surface area (Å²) in [6, 6.07) is 22.1. The number of anilines is 1. The molecule has 1 unspecified atom stereocenters. The van der Waals surface area contributed by atoms with Crippen LogP contribution >= 0.6 is 0 Å². The molecule has 1 amide bonds. The molecular weight excluding hydrogens is 506 g/mol. The van der Waals surface area contributed by atoms with Crippen molar-refractivity contribution in [3.8, 4) is 0 Å². The van der Waals surface area contributed by atoms with Crippen LogP contribution < -0.4 is 16.6 Å². The van der Waals surface area contributed by atoms with Crippen LogP contribution in [0.15, 0.2) is 82.4 Å². The molecule has 0 bridgehead atoms. The topological polar surface area (TPSA) is 99.4 Å². The summed E-state index contributed by atoms with van der Waals surface area (Å²) >= 11 is 0. The van der Waals surface area contributed by atoms with Crippen LogP contribution in [0.25, 0.3) is 10.9 Å². The van der Waals surface area contributed by atoms with Gasteiger partial charge in [0.25, 0.3) is 5.56 Å². The van der Waals surface area contributed by atoms with Crippen LogP contribution in [0.2, 0.25) is 0 Å². The molecule has 2 heterocycles. The van der Waals surface area contributed by atoms with Gasteiger partial charge in [0.15, 0.2) is 5.78 Å². The van der Waals surface area contributed by atoms with Gasteiger partial charge in [0.05, 0.1) is 23.6 Å². The third-order valence-corrected chi connectivity index (χ3v) is 7.39. The molecule has 4 aromatic rings. The monoisotopic (exact) mass is 539 g/mol. The largest absolute Gasteiger partial charge is 0.376 e. The molecule has 0 radical (unpaired) electrons. The fourth-order valence-corrected chi connectivity index (χ4v) is 5.18. The molecule has 1 aliphatic rings. The lowest BCUT2D eigenvalue weighted by molar-refractivity contribution is -0.116. The van der Waals surface area contributed by atoms with Crippen molar-refractivity contribution in [3.63, 3.8) is 0 Å². The number of hydrogen-bond donors (Lipinski definition) is 1. The SMILES string of the molecule is Cc1ccccc1NC(=O)Cn1c(=O)n(CC2CCCO2)c(=O)c2ccc(C(=O)CCCc3ccccc3)cc21. The highest BCUT2D eigenvalue weighted by Crippen LogP contribution is 2.18. The number of ketones is 1. The van der Waals surface area contributed by atoms with Gasteiger partial charge in [-0.2, -0.15) is 0 Å². The summed E-state index contributed by atoms with van der Waals surface area (Å²) in [4.78, 5) is 53.3. The number of Topliss-reactive ketones (excluding diaryl/α,β-unsaturated/α-hetero) is 1. The second-order valence-electron chi connectivity index (χ2n) is 10.3. The van der Waals surface area contributed by atoms with Crippen LogP contribution in [0, 0.1) is 6.92 Å². The van der Waals surface area contributed by atoms with Gasteiger partial charge in [-0.1, -0.05) is 54.6 Å². The van der Waals surface area contributed by atoms with E-state index in [0.717, 1.165) is 35.0 Å². The number of fused-ring (bicyclic) bond motifs is 1. The lowest BCUT2D eigenvalue weighted by Crippen LogP contribution is -2.43. The van der Waals surface area contributed by atoms with Gasteiger partial charge in [-0.15, -0.1) is 0 Å². The average Bonchev–Trinajstić information content (AvgIpc) is 3.48. The van der Waals surface area contributed by atoms with Gasteiger partial charge in [0.1, 0.15) is 6.54 Å². The zero-order valence-electron chi connectivity index (χ0n) is 22.6. The van der Waals surface area contributed by atoms with E-state index in [1.165, 1.54) is 4.57 Å². The number of rotatable bonds is 10. The first-order valence-electron chi connectivity index (χ1n) is 13.7. The maximum Gasteiger partial charge on any atom is 0.332 e. The van der Waals surface area contributed by atoms with Crippen molar-refractivity contribution in [2.24, 2.45) is 0 Å². The van der Waals surface area contributed by atoms with E-state index in [9.17, 15) is 19.2 Å². The number of aryl methyl sites for hydroxylation is 2. The maximum absolute atomic E-state index is 13.7. The van der Waals surface area contributed by atoms with Gasteiger partial charge >= 0.3 is 5.69 Å². The normalized spacial score (nSPS) is 14.9. The van der Waals surface area contributed by atoms with E-state index in [1.54, 1.807) is 24.3 Å². The minimum atomic E-state index is -0.596. The minimum absolute atomic E-state index is 0.0790. The van der Waals surface area contributed by atoms with E-state index in [0.29, 0.717) is 30.7 Å². The Kier molecular flexibility index (Phi) is 8.36. The van der Waals surface area contributed by atoms with Gasteiger partial charge in [-0.3, -0.25) is 23.5 Å². The van der Waals surface area contributed by atoms with Crippen LogP contribution in [0.5, 0.6) is 0 Å². The van der Waals surface area contributed by atoms with Crippen LogP contribution in [0.4, 0.5) is 5.69 Å². The minimum Gasteiger partial charge on any atom is -0.376 e. The number of nitrogens with zero attached hydrogens (tertiary/aromatic N) is 2. The predicted octanol–water partition coefficient (Wildman–Crippen LogP) is 4.49. The molecule has 40 heavy (non-hydrogen) atoms. The quantitative estimate of drug-likeness (QED) is 0.299. The van der Waals surface area contributed by atoms with Crippen molar-refractivity contribution in [2.75, 3.05) is 11.9 Å². The summed E-state index contributed by atoms with van der Waals surface area (Å²) in [7, 11) is 0. The highest BCUT2D eigenvalue weighted by atomic mass is 16.5. The fraction of sp³-hybridized carbons (Fsp3) is 0.312. The lowest BCUT2D eigenvalue weighted by Gasteiger charge is -2.17. The predicted molar refractivity (Wildman–Crippen MR) is 155 cm³/mol. The molecule has 5 rings (SSSR count). The Hall–Kier alpha value is -4.30. The van der Waals surface area contributed by atoms with Crippen LogP contribution in [0.1, 0.15) is 47.2 Å². The zero-order valence-corrected chi connectivity index (χ0v) is 22.6. The zero-order chi connectivity index (χ0) is 28.1. The van der Waals surface area contributed by atoms with Crippen LogP contribution in [-0.2, 0) is 29.0 Å². The molecule has 206 valence electrons. The smallest absolute Gasteiger partial charge is 0.332 e. The van der Waals surface area contributed by atoms with E-state index in [-0.39, 0.29) is 35.9 Å². The molecule has 1 N–H and O–H groups in total. The molecule has 0 saturated carbocycles. The van der Waals surface area contributed by atoms with Gasteiger partial charge in [0, 0.05) is 24.3 Å². The van der Waals surface area contributed by atoms with Gasteiger partial charge < -0.3 is 10.1 Å². The van der Waals surface area contributed by atoms with E-state index < -0.39 is 17.2 Å². The van der Waals surface area contributed by atoms with Gasteiger partial charge in [-0.25, -0.2) is 4.79 Å². The van der Waals surface area contributed by atoms with Crippen molar-refractivity contribution in [1.82, 2.24) is 9.13 Å². The summed E-state index contributed by atoms with van der Waals surface area (Å²) in [6.45, 7) is 2.29. The van der Waals surface area contributed by atoms with Gasteiger partial charge in [0.2, 0.25) is 5.91 Å². The molecular formula is C32H33N3O5. The molecule has 3 aromatic carbocycles. The molecule has 1 aliphatic heterocycles. The number of para-hydroxylation sites is 1. The lowest BCUT2D eigenvalue weighted by atomic mass is 10.0. The molecule has 1 saturated heterocycles. The fourth-order valence-electron chi connectivity index (χ4n) is 5.18. The third kappa shape index (κ3) is 6.13. The third-order valence-electron chi connectivity index (χ3n) is 7.39. The van der Waals surface area contributed by atoms with Crippen molar-refractivity contribution in [3.05, 3.63) is 110 Å². The Bertz CT molecular complexity index is 1650. The number of nitrogens with one attached hydrogen (secondary N) is 1. The Balaban J connectivity index is 1.47. The summed E-state index contributed by atoms with van der Waals surface area (Å²) in [5, 5.41) is 3.14. The first kappa shape index (κ1) is 27.3. The van der Waals surface area contributed by atoms with Crippen LogP contribution in [-0.4, -0.2) is 33.5 Å². The number of amides is 1. The van der Waals surface area contributed by atoms with Crippen molar-refractivity contribution < 1.29 is 14.3 Å². The standard InChI is InChI=1S/C32H33N3O5/c1-22-9-5-6-14-27(22)33-30(37)21-34-28-19-24(29(36)15-7-12-23-10-3-2-4-11-23)16-17-26(28)31(38)35(32(34)39)20-25-13-8-18-40-25/h2-6,9-11,14,16-17,19,25H,7-8,12-13,15,18,20-21H2,1H3,(H,33,37). The summed E-state index contributed by atoms with van der Waals surface area (Å²) in [5.41, 5.74) is 2.33. The van der Waals surface area contributed by atoms with Crippen molar-refractivity contribution in [2.45, 2.75) is 58.2 Å². The second-order valence-corrected chi connectivity index (χ2v) is 10.3. The van der Waals surface area contributed by atoms with Crippen molar-refractivity contribution >= 4 is 28.3 Å². The molecule has 1 aromatic heterocycles. The highest BCUT2D eigenvalue weighted by molar-refractivity contribution is 5.99. The molecule has 0 spiro atoms. The molecule has 0 aliphatic carbocycles. The molecule has 1 atom stereocenters. The summed E-state index contributed by atoms with van der Waals surface area (Å²) < 4.78 is 8.13. The number of aromatic nitrogens is 2. The number of carbonyl (C=O) groups is 2. The second kappa shape index (κ2) is 12.3. The van der Waals surface area contributed by atoms with E-state index in [2.05, 4.69) is 5.32 Å². The first-order chi connectivity index (χ1) is 19.4. The summed E-state index contributed by atoms with van der Waals surface area (Å²) in [6.07, 6.45) is 3.17. The first-order valence-corrected chi connectivity index (χ1v) is 13.7. The molecule has 1 fully saturated rings. The Morgan fingerprint density at radius 1 is 0.975 bits per heavy atom. The number of carbonyl (C=O) groups excluding carboxylic acids is 2. The summed E-state index contributed by atoms with van der Waals surface area (Å²) in [5.74, 6) is -0.482. The molecule has 8 heteroatoms. The Morgan fingerprint density at radius 2 is 1.75 bits per heavy atom. The number of benzene rings is 3. The van der Waals surface area contributed by atoms with Gasteiger partial charge in [-0.05, 0) is 61.9 Å². The van der Waals surface area contributed by atoms with E-state index in [4.69, 9.17) is 4.74 Å². The van der Waals surface area contributed by atoms with Crippen molar-refractivity contribution in [1.29, 1.82) is 0 Å². The maximum atomic E-state index is 13.7. The number of ether oxygens (including phenoxy) is 1. The molecule has 8 nitrogen and oxygen atoms in total. The Morgan fingerprint density at radius 3 is 2.50 bits per heavy atom. The average molecular weight is 540 g/mol. The number of hydrogen-bond acceptors (Lipinski definition) is 5. The van der Waals surface area contributed by atoms with E-state index in [1.807, 2.05) is 55.5 Å².